The maximum absolute atomic E-state index is 12.2. The largest absolute Gasteiger partial charge is 0.366 e. The van der Waals surface area contributed by atoms with Gasteiger partial charge >= 0.3 is 0 Å². The Morgan fingerprint density at radius 2 is 1.68 bits per heavy atom. The molecule has 1 aliphatic rings. The zero-order valence-corrected chi connectivity index (χ0v) is 11.4. The van der Waals surface area contributed by atoms with Crippen molar-refractivity contribution in [3.8, 4) is 0 Å². The third-order valence-electron chi connectivity index (χ3n) is 3.04. The molecule has 19 heavy (non-hydrogen) atoms. The summed E-state index contributed by atoms with van der Waals surface area (Å²) in [6.45, 7) is 3.26. The third kappa shape index (κ3) is 3.94. The molecular weight excluding hydrogens is 266 g/mol. The fraction of sp³-hybridized carbons (Fsp3) is 0.385. The number of amides is 2. The lowest BCUT2D eigenvalue weighted by molar-refractivity contribution is 0.0766. The highest BCUT2D eigenvalue weighted by Crippen LogP contribution is 2.08. The van der Waals surface area contributed by atoms with E-state index in [4.69, 9.17) is 5.73 Å². The van der Waals surface area contributed by atoms with E-state index in [0.717, 1.165) is 32.6 Å². The van der Waals surface area contributed by atoms with Crippen LogP contribution in [-0.2, 0) is 0 Å². The average molecular weight is 284 g/mol. The van der Waals surface area contributed by atoms with Crippen molar-refractivity contribution in [2.45, 2.75) is 6.42 Å². The van der Waals surface area contributed by atoms with E-state index in [-0.39, 0.29) is 18.3 Å². The Hall–Kier alpha value is -1.59. The van der Waals surface area contributed by atoms with Crippen LogP contribution in [0.25, 0.3) is 0 Å². The third-order valence-corrected chi connectivity index (χ3v) is 3.04. The summed E-state index contributed by atoms with van der Waals surface area (Å²) >= 11 is 0. The predicted molar refractivity (Wildman–Crippen MR) is 75.6 cm³/mol. The summed E-state index contributed by atoms with van der Waals surface area (Å²) in [5, 5.41) is 3.25. The molecule has 0 unspecified atom stereocenters. The Balaban J connectivity index is 0.00000180. The van der Waals surface area contributed by atoms with Gasteiger partial charge in [0.25, 0.3) is 5.91 Å². The Bertz CT molecular complexity index is 440. The molecule has 1 heterocycles. The molecule has 2 amide bonds. The van der Waals surface area contributed by atoms with Crippen LogP contribution in [0.15, 0.2) is 24.3 Å². The van der Waals surface area contributed by atoms with Gasteiger partial charge in [0, 0.05) is 30.8 Å². The topological polar surface area (TPSA) is 75.4 Å². The van der Waals surface area contributed by atoms with Gasteiger partial charge in [0.2, 0.25) is 5.91 Å². The fourth-order valence-corrected chi connectivity index (χ4v) is 2.01. The molecule has 1 aromatic carbocycles. The van der Waals surface area contributed by atoms with Gasteiger partial charge in [-0.15, -0.1) is 12.4 Å². The minimum Gasteiger partial charge on any atom is -0.366 e. The molecule has 5 nitrogen and oxygen atoms in total. The second-order valence-electron chi connectivity index (χ2n) is 4.34. The van der Waals surface area contributed by atoms with Crippen molar-refractivity contribution in [2.24, 2.45) is 5.73 Å². The van der Waals surface area contributed by atoms with Crippen LogP contribution in [0, 0.1) is 0 Å². The Kier molecular flexibility index (Phi) is 5.79. The zero-order chi connectivity index (χ0) is 13.0. The van der Waals surface area contributed by atoms with Crippen LogP contribution >= 0.6 is 12.4 Å². The Morgan fingerprint density at radius 1 is 1.05 bits per heavy atom. The van der Waals surface area contributed by atoms with Crippen LogP contribution in [0.2, 0.25) is 0 Å². The summed E-state index contributed by atoms with van der Waals surface area (Å²) in [6.07, 6.45) is 0.963. The zero-order valence-electron chi connectivity index (χ0n) is 10.6. The number of nitrogens with two attached hydrogens (primary N) is 1. The van der Waals surface area contributed by atoms with Crippen LogP contribution in [0.3, 0.4) is 0 Å². The van der Waals surface area contributed by atoms with E-state index in [9.17, 15) is 9.59 Å². The van der Waals surface area contributed by atoms with Crippen molar-refractivity contribution in [3.05, 3.63) is 35.4 Å². The molecule has 0 saturated carbocycles. The van der Waals surface area contributed by atoms with Gasteiger partial charge in [0.05, 0.1) is 0 Å². The first-order valence-electron chi connectivity index (χ1n) is 6.08. The van der Waals surface area contributed by atoms with E-state index in [0.29, 0.717) is 11.1 Å². The number of carbonyl (C=O) groups is 2. The van der Waals surface area contributed by atoms with Gasteiger partial charge in [-0.1, -0.05) is 0 Å². The summed E-state index contributed by atoms with van der Waals surface area (Å²) in [4.78, 5) is 25.0. The number of nitrogens with one attached hydrogen (secondary N) is 1. The summed E-state index contributed by atoms with van der Waals surface area (Å²) in [6, 6.07) is 6.48. The van der Waals surface area contributed by atoms with E-state index < -0.39 is 5.91 Å². The molecule has 0 bridgehead atoms. The van der Waals surface area contributed by atoms with Crippen LogP contribution in [-0.4, -0.2) is 42.9 Å². The molecule has 6 heteroatoms. The molecule has 0 spiro atoms. The molecule has 1 saturated heterocycles. The quantitative estimate of drug-likeness (QED) is 0.836. The van der Waals surface area contributed by atoms with Crippen molar-refractivity contribution in [3.63, 3.8) is 0 Å². The molecule has 1 fully saturated rings. The van der Waals surface area contributed by atoms with Crippen LogP contribution in [0.5, 0.6) is 0 Å². The lowest BCUT2D eigenvalue weighted by Crippen LogP contribution is -2.34. The van der Waals surface area contributed by atoms with Crippen molar-refractivity contribution in [2.75, 3.05) is 26.2 Å². The maximum atomic E-state index is 12.2. The van der Waals surface area contributed by atoms with Crippen molar-refractivity contribution in [1.82, 2.24) is 10.2 Å². The van der Waals surface area contributed by atoms with Gasteiger partial charge in [-0.3, -0.25) is 9.59 Å². The summed E-state index contributed by atoms with van der Waals surface area (Å²) in [5.41, 5.74) is 6.18. The van der Waals surface area contributed by atoms with Crippen LogP contribution in [0.4, 0.5) is 0 Å². The number of primary amides is 1. The van der Waals surface area contributed by atoms with E-state index in [1.54, 1.807) is 24.3 Å². The van der Waals surface area contributed by atoms with Gasteiger partial charge in [-0.05, 0) is 37.2 Å². The monoisotopic (exact) mass is 283 g/mol. The number of hydrogen-bond donors (Lipinski definition) is 2. The second-order valence-corrected chi connectivity index (χ2v) is 4.34. The Morgan fingerprint density at radius 3 is 2.32 bits per heavy atom. The number of nitrogens with zero attached hydrogens (tertiary/aromatic N) is 1. The molecule has 0 atom stereocenters. The normalized spacial score (nSPS) is 15.3. The number of carbonyl (C=O) groups excluding carboxylic acids is 2. The first-order valence-corrected chi connectivity index (χ1v) is 6.08. The summed E-state index contributed by atoms with van der Waals surface area (Å²) < 4.78 is 0. The number of rotatable bonds is 2. The van der Waals surface area contributed by atoms with E-state index >= 15 is 0 Å². The first kappa shape index (κ1) is 15.5. The highest BCUT2D eigenvalue weighted by molar-refractivity contribution is 5.97. The molecule has 3 N–H and O–H groups in total. The molecule has 1 aliphatic heterocycles. The van der Waals surface area contributed by atoms with Gasteiger partial charge in [0.1, 0.15) is 0 Å². The number of benzene rings is 1. The lowest BCUT2D eigenvalue weighted by Gasteiger charge is -2.19. The van der Waals surface area contributed by atoms with Gasteiger partial charge in [-0.2, -0.15) is 0 Å². The van der Waals surface area contributed by atoms with Crippen molar-refractivity contribution < 1.29 is 9.59 Å². The fourth-order valence-electron chi connectivity index (χ4n) is 2.01. The summed E-state index contributed by atoms with van der Waals surface area (Å²) in [7, 11) is 0. The molecule has 104 valence electrons. The van der Waals surface area contributed by atoms with Crippen molar-refractivity contribution in [1.29, 1.82) is 0 Å². The van der Waals surface area contributed by atoms with Crippen LogP contribution in [0.1, 0.15) is 27.1 Å². The molecular formula is C13H18ClN3O2. The number of hydrogen-bond acceptors (Lipinski definition) is 3. The first-order chi connectivity index (χ1) is 8.68. The minimum absolute atomic E-state index is 0. The molecule has 0 radical (unpaired) electrons. The lowest BCUT2D eigenvalue weighted by atomic mass is 10.1. The molecule has 2 rings (SSSR count). The number of halogens is 1. The molecule has 1 aromatic rings. The van der Waals surface area contributed by atoms with Crippen LogP contribution < -0.4 is 11.1 Å². The predicted octanol–water partition coefficient (Wildman–Crippen LogP) is 0.643. The highest BCUT2D eigenvalue weighted by atomic mass is 35.5. The molecule has 0 aromatic heterocycles. The molecule has 0 aliphatic carbocycles. The average Bonchev–Trinajstić information content (AvgIpc) is 2.67. The van der Waals surface area contributed by atoms with Gasteiger partial charge in [0.15, 0.2) is 0 Å². The van der Waals surface area contributed by atoms with Crippen molar-refractivity contribution >= 4 is 24.2 Å². The SMILES string of the molecule is Cl.NC(=O)c1ccc(C(=O)N2CCCNCC2)cc1. The smallest absolute Gasteiger partial charge is 0.253 e. The van der Waals surface area contributed by atoms with E-state index in [1.165, 1.54) is 0 Å². The highest BCUT2D eigenvalue weighted by Gasteiger charge is 2.17. The maximum Gasteiger partial charge on any atom is 0.253 e. The Labute approximate surface area is 118 Å². The van der Waals surface area contributed by atoms with E-state index in [2.05, 4.69) is 5.32 Å². The van der Waals surface area contributed by atoms with E-state index in [1.807, 2.05) is 4.90 Å². The second kappa shape index (κ2) is 7.11. The van der Waals surface area contributed by atoms with Gasteiger partial charge < -0.3 is 16.0 Å². The minimum atomic E-state index is -0.479. The van der Waals surface area contributed by atoms with Gasteiger partial charge in [-0.25, -0.2) is 0 Å². The summed E-state index contributed by atoms with van der Waals surface area (Å²) in [5.74, 6) is -0.470. The standard InChI is InChI=1S/C13H17N3O2.ClH/c14-12(17)10-2-4-11(5-3-10)13(18)16-8-1-6-15-7-9-16;/h2-5,15H,1,6-9H2,(H2,14,17);1H.